The Morgan fingerprint density at radius 1 is 1.06 bits per heavy atom. The zero-order valence-electron chi connectivity index (χ0n) is 9.45. The average Bonchev–Trinajstić information content (AvgIpc) is 2.32. The highest BCUT2D eigenvalue weighted by Gasteiger charge is 2.10. The molecular weight excluding hydrogens is 281 g/mol. The number of anilines is 1. The summed E-state index contributed by atoms with van der Waals surface area (Å²) in [6.45, 7) is 2.01. The molecule has 0 aliphatic carbocycles. The van der Waals surface area contributed by atoms with Crippen molar-refractivity contribution in [1.82, 2.24) is 0 Å². The third-order valence-electron chi connectivity index (χ3n) is 2.62. The van der Waals surface area contributed by atoms with E-state index in [1.807, 2.05) is 37.3 Å². The summed E-state index contributed by atoms with van der Waals surface area (Å²) in [5.41, 5.74) is 1.63. The lowest BCUT2D eigenvalue weighted by molar-refractivity contribution is 0.627. The van der Waals surface area contributed by atoms with Gasteiger partial charge in [-0.1, -0.05) is 46.3 Å². The third-order valence-corrected chi connectivity index (χ3v) is 3.34. The summed E-state index contributed by atoms with van der Waals surface area (Å²) in [4.78, 5) is 0. The first-order chi connectivity index (χ1) is 8.18. The Hall–Kier alpha value is -1.35. The Bertz CT molecular complexity index is 513. The predicted molar refractivity (Wildman–Crippen MR) is 72.6 cm³/mol. The van der Waals surface area contributed by atoms with Gasteiger partial charge in [-0.2, -0.15) is 0 Å². The van der Waals surface area contributed by atoms with Gasteiger partial charge in [0.2, 0.25) is 0 Å². The van der Waals surface area contributed by atoms with E-state index in [0.717, 1.165) is 10.0 Å². The number of nitrogens with one attached hydrogen (secondary N) is 1. The zero-order chi connectivity index (χ0) is 12.3. The quantitative estimate of drug-likeness (QED) is 0.860. The molecule has 2 rings (SSSR count). The van der Waals surface area contributed by atoms with Crippen LogP contribution in [0.25, 0.3) is 0 Å². The molecule has 0 aromatic heterocycles. The Kier molecular flexibility index (Phi) is 3.79. The summed E-state index contributed by atoms with van der Waals surface area (Å²) in [7, 11) is 0. The van der Waals surface area contributed by atoms with Crippen LogP contribution in [-0.2, 0) is 0 Å². The van der Waals surface area contributed by atoms with Crippen LogP contribution in [0.15, 0.2) is 53.0 Å². The molecule has 0 saturated heterocycles. The van der Waals surface area contributed by atoms with E-state index in [2.05, 4.69) is 21.2 Å². The van der Waals surface area contributed by atoms with Crippen molar-refractivity contribution < 1.29 is 4.39 Å². The molecule has 0 saturated carbocycles. The summed E-state index contributed by atoms with van der Waals surface area (Å²) in [6, 6.07) is 14.7. The van der Waals surface area contributed by atoms with Gasteiger partial charge in [-0.25, -0.2) is 4.39 Å². The Morgan fingerprint density at radius 2 is 1.71 bits per heavy atom. The highest BCUT2D eigenvalue weighted by Crippen LogP contribution is 2.26. The molecule has 2 aromatic rings. The summed E-state index contributed by atoms with van der Waals surface area (Å²) in [5.74, 6) is -0.230. The molecule has 0 spiro atoms. The number of rotatable bonds is 3. The first-order valence-corrected chi connectivity index (χ1v) is 6.23. The summed E-state index contributed by atoms with van der Waals surface area (Å²) >= 11 is 3.50. The molecule has 0 fully saturated rings. The zero-order valence-corrected chi connectivity index (χ0v) is 11.0. The van der Waals surface area contributed by atoms with Crippen LogP contribution in [0.4, 0.5) is 10.1 Å². The normalized spacial score (nSPS) is 12.2. The maximum atomic E-state index is 13.5. The number of hydrogen-bond donors (Lipinski definition) is 1. The smallest absolute Gasteiger partial charge is 0.146 e. The van der Waals surface area contributed by atoms with Gasteiger partial charge in [0.05, 0.1) is 5.69 Å². The molecule has 0 aliphatic rings. The number of hydrogen-bond acceptors (Lipinski definition) is 1. The molecule has 1 unspecified atom stereocenters. The lowest BCUT2D eigenvalue weighted by Gasteiger charge is -2.17. The Morgan fingerprint density at radius 3 is 2.41 bits per heavy atom. The molecule has 2 aromatic carbocycles. The van der Waals surface area contributed by atoms with E-state index in [1.165, 1.54) is 6.07 Å². The molecule has 0 radical (unpaired) electrons. The Balaban J connectivity index is 2.20. The molecule has 0 amide bonds. The minimum atomic E-state index is -0.230. The molecule has 3 heteroatoms. The van der Waals surface area contributed by atoms with Crippen molar-refractivity contribution in [1.29, 1.82) is 0 Å². The third kappa shape index (κ3) is 2.86. The SMILES string of the molecule is CC(Nc1ccccc1F)c1ccccc1Br. The lowest BCUT2D eigenvalue weighted by atomic mass is 10.1. The summed E-state index contributed by atoms with van der Waals surface area (Å²) in [5, 5.41) is 3.16. The average molecular weight is 294 g/mol. The van der Waals surface area contributed by atoms with Crippen LogP contribution >= 0.6 is 15.9 Å². The molecule has 0 bridgehead atoms. The van der Waals surface area contributed by atoms with Crippen LogP contribution in [0.5, 0.6) is 0 Å². The maximum Gasteiger partial charge on any atom is 0.146 e. The van der Waals surface area contributed by atoms with Crippen molar-refractivity contribution in [3.8, 4) is 0 Å². The van der Waals surface area contributed by atoms with Crippen LogP contribution in [-0.4, -0.2) is 0 Å². The molecule has 0 heterocycles. The van der Waals surface area contributed by atoms with Crippen molar-refractivity contribution in [3.05, 3.63) is 64.4 Å². The molecule has 1 N–H and O–H groups in total. The molecule has 0 aliphatic heterocycles. The largest absolute Gasteiger partial charge is 0.376 e. The van der Waals surface area contributed by atoms with Crippen molar-refractivity contribution in [2.75, 3.05) is 5.32 Å². The van der Waals surface area contributed by atoms with Crippen molar-refractivity contribution in [2.45, 2.75) is 13.0 Å². The van der Waals surface area contributed by atoms with Gasteiger partial charge in [-0.05, 0) is 30.7 Å². The molecule has 88 valence electrons. The van der Waals surface area contributed by atoms with Gasteiger partial charge in [-0.15, -0.1) is 0 Å². The minimum Gasteiger partial charge on any atom is -0.376 e. The minimum absolute atomic E-state index is 0.0440. The van der Waals surface area contributed by atoms with Crippen LogP contribution in [0.3, 0.4) is 0 Å². The highest BCUT2D eigenvalue weighted by atomic mass is 79.9. The van der Waals surface area contributed by atoms with Crippen LogP contribution < -0.4 is 5.32 Å². The topological polar surface area (TPSA) is 12.0 Å². The first-order valence-electron chi connectivity index (χ1n) is 5.44. The van der Waals surface area contributed by atoms with E-state index in [4.69, 9.17) is 0 Å². The predicted octanol–water partition coefficient (Wildman–Crippen LogP) is 4.76. The van der Waals surface area contributed by atoms with Gasteiger partial charge in [-0.3, -0.25) is 0 Å². The van der Waals surface area contributed by atoms with Gasteiger partial charge < -0.3 is 5.32 Å². The van der Waals surface area contributed by atoms with Gasteiger partial charge >= 0.3 is 0 Å². The van der Waals surface area contributed by atoms with Gasteiger partial charge in [0, 0.05) is 10.5 Å². The van der Waals surface area contributed by atoms with E-state index in [1.54, 1.807) is 12.1 Å². The lowest BCUT2D eigenvalue weighted by Crippen LogP contribution is -2.08. The van der Waals surface area contributed by atoms with Crippen LogP contribution in [0.1, 0.15) is 18.5 Å². The molecule has 17 heavy (non-hydrogen) atoms. The van der Waals surface area contributed by atoms with E-state index in [9.17, 15) is 4.39 Å². The number of benzene rings is 2. The second kappa shape index (κ2) is 5.32. The van der Waals surface area contributed by atoms with Crippen molar-refractivity contribution in [3.63, 3.8) is 0 Å². The van der Waals surface area contributed by atoms with E-state index < -0.39 is 0 Å². The fourth-order valence-electron chi connectivity index (χ4n) is 1.72. The second-order valence-electron chi connectivity index (χ2n) is 3.87. The highest BCUT2D eigenvalue weighted by molar-refractivity contribution is 9.10. The fraction of sp³-hybridized carbons (Fsp3) is 0.143. The second-order valence-corrected chi connectivity index (χ2v) is 4.72. The van der Waals surface area contributed by atoms with Gasteiger partial charge in [0.1, 0.15) is 5.82 Å². The van der Waals surface area contributed by atoms with E-state index in [-0.39, 0.29) is 11.9 Å². The standard InChI is InChI=1S/C14H13BrFN/c1-10(11-6-2-3-7-12(11)15)17-14-9-5-4-8-13(14)16/h2-10,17H,1H3. The molecular formula is C14H13BrFN. The molecule has 1 nitrogen and oxygen atoms in total. The van der Waals surface area contributed by atoms with E-state index >= 15 is 0 Å². The van der Waals surface area contributed by atoms with Crippen LogP contribution in [0.2, 0.25) is 0 Å². The van der Waals surface area contributed by atoms with Crippen LogP contribution in [0, 0.1) is 5.82 Å². The summed E-state index contributed by atoms with van der Waals surface area (Å²) in [6.07, 6.45) is 0. The van der Waals surface area contributed by atoms with Crippen molar-refractivity contribution >= 4 is 21.6 Å². The summed E-state index contributed by atoms with van der Waals surface area (Å²) < 4.78 is 14.5. The van der Waals surface area contributed by atoms with Crippen molar-refractivity contribution in [2.24, 2.45) is 0 Å². The maximum absolute atomic E-state index is 13.5. The van der Waals surface area contributed by atoms with E-state index in [0.29, 0.717) is 5.69 Å². The van der Waals surface area contributed by atoms with Gasteiger partial charge in [0.15, 0.2) is 0 Å². The fourth-order valence-corrected chi connectivity index (χ4v) is 2.34. The first kappa shape index (κ1) is 12.1. The van der Waals surface area contributed by atoms with Gasteiger partial charge in [0.25, 0.3) is 0 Å². The number of para-hydroxylation sites is 1. The molecule has 1 atom stereocenters. The Labute approximate surface area is 109 Å². The monoisotopic (exact) mass is 293 g/mol. The number of halogens is 2.